The molecule has 2 N–H and O–H groups in total. The molecule has 0 atom stereocenters. The van der Waals surface area contributed by atoms with E-state index in [1.165, 1.54) is 0 Å². The van der Waals surface area contributed by atoms with E-state index in [4.69, 9.17) is 10.5 Å². The lowest BCUT2D eigenvalue weighted by molar-refractivity contribution is 0.418. The van der Waals surface area contributed by atoms with Crippen molar-refractivity contribution in [1.82, 2.24) is 9.97 Å². The van der Waals surface area contributed by atoms with Crippen molar-refractivity contribution in [2.24, 2.45) is 0 Å². The molecule has 0 spiro atoms. The molecule has 0 aliphatic carbocycles. The Hall–Kier alpha value is -1.84. The van der Waals surface area contributed by atoms with Gasteiger partial charge in [-0.05, 0) is 26.0 Å². The first-order chi connectivity index (χ1) is 7.13. The minimum atomic E-state index is 0.626. The molecule has 0 amide bonds. The highest BCUT2D eigenvalue weighted by atomic mass is 16.5. The van der Waals surface area contributed by atoms with E-state index >= 15 is 0 Å². The number of methoxy groups -OCH3 is 1. The van der Waals surface area contributed by atoms with Crippen LogP contribution in [0.2, 0.25) is 0 Å². The predicted octanol–water partition coefficient (Wildman–Crippen LogP) is 1.84. The quantitative estimate of drug-likeness (QED) is 0.718. The summed E-state index contributed by atoms with van der Waals surface area (Å²) in [4.78, 5) is 8.86. The van der Waals surface area contributed by atoms with Crippen molar-refractivity contribution in [2.45, 2.75) is 13.8 Å². The standard InChI is InChI=1S/C11H13N3O/c1-6-7(2)14-11-9(15-3)5-4-8(12)10(11)13-6/h4-5H,12H2,1-3H3. The molecule has 4 nitrogen and oxygen atoms in total. The second-order valence-corrected chi connectivity index (χ2v) is 3.45. The summed E-state index contributed by atoms with van der Waals surface area (Å²) in [5, 5.41) is 0. The van der Waals surface area contributed by atoms with Crippen LogP contribution in [-0.4, -0.2) is 17.1 Å². The van der Waals surface area contributed by atoms with Crippen molar-refractivity contribution in [1.29, 1.82) is 0 Å². The predicted molar refractivity (Wildman–Crippen MR) is 60.0 cm³/mol. The molecule has 2 rings (SSSR count). The van der Waals surface area contributed by atoms with Gasteiger partial charge in [0.05, 0.1) is 24.2 Å². The number of benzene rings is 1. The number of nitrogen functional groups attached to an aromatic ring is 1. The molecule has 15 heavy (non-hydrogen) atoms. The number of nitrogens with zero attached hydrogens (tertiary/aromatic N) is 2. The molecule has 4 heteroatoms. The van der Waals surface area contributed by atoms with Crippen molar-refractivity contribution >= 4 is 16.7 Å². The van der Waals surface area contributed by atoms with Crippen LogP contribution in [0.4, 0.5) is 5.69 Å². The van der Waals surface area contributed by atoms with Gasteiger partial charge in [0.15, 0.2) is 0 Å². The van der Waals surface area contributed by atoms with Gasteiger partial charge < -0.3 is 10.5 Å². The number of nitrogens with two attached hydrogens (primary N) is 1. The molecular weight excluding hydrogens is 190 g/mol. The highest BCUT2D eigenvalue weighted by molar-refractivity contribution is 5.91. The average molecular weight is 203 g/mol. The number of aromatic nitrogens is 2. The molecule has 0 bridgehead atoms. The second kappa shape index (κ2) is 3.38. The summed E-state index contributed by atoms with van der Waals surface area (Å²) in [5.74, 6) is 0.704. The van der Waals surface area contributed by atoms with Crippen molar-refractivity contribution in [3.05, 3.63) is 23.5 Å². The van der Waals surface area contributed by atoms with Gasteiger partial charge in [0.25, 0.3) is 0 Å². The summed E-state index contributed by atoms with van der Waals surface area (Å²) < 4.78 is 5.22. The van der Waals surface area contributed by atoms with Crippen LogP contribution in [0, 0.1) is 13.8 Å². The Morgan fingerprint density at radius 3 is 2.27 bits per heavy atom. The maximum atomic E-state index is 5.84. The van der Waals surface area contributed by atoms with Crippen LogP contribution in [-0.2, 0) is 0 Å². The van der Waals surface area contributed by atoms with Gasteiger partial charge >= 0.3 is 0 Å². The zero-order valence-corrected chi connectivity index (χ0v) is 9.03. The number of rotatable bonds is 1. The van der Waals surface area contributed by atoms with Gasteiger partial charge in [-0.25, -0.2) is 9.97 Å². The first kappa shape index (κ1) is 9.71. The van der Waals surface area contributed by atoms with Gasteiger partial charge in [0.1, 0.15) is 16.8 Å². The Bertz CT molecular complexity index is 523. The van der Waals surface area contributed by atoms with E-state index < -0.39 is 0 Å². The molecule has 0 saturated carbocycles. The molecule has 0 aliphatic heterocycles. The van der Waals surface area contributed by atoms with Gasteiger partial charge in [-0.1, -0.05) is 0 Å². The molecule has 0 saturated heterocycles. The van der Waals surface area contributed by atoms with Crippen LogP contribution in [0.25, 0.3) is 11.0 Å². The lowest BCUT2D eigenvalue weighted by atomic mass is 10.2. The lowest BCUT2D eigenvalue weighted by Gasteiger charge is -2.08. The smallest absolute Gasteiger partial charge is 0.146 e. The summed E-state index contributed by atoms with van der Waals surface area (Å²) in [6.07, 6.45) is 0. The molecular formula is C11H13N3O. The number of hydrogen-bond acceptors (Lipinski definition) is 4. The Balaban J connectivity index is 2.88. The van der Waals surface area contributed by atoms with E-state index in [-0.39, 0.29) is 0 Å². The molecule has 1 heterocycles. The normalized spacial score (nSPS) is 10.6. The first-order valence-electron chi connectivity index (χ1n) is 4.71. The highest BCUT2D eigenvalue weighted by Gasteiger charge is 2.09. The number of fused-ring (bicyclic) bond motifs is 1. The van der Waals surface area contributed by atoms with Crippen LogP contribution in [0.15, 0.2) is 12.1 Å². The van der Waals surface area contributed by atoms with E-state index in [0.717, 1.165) is 16.9 Å². The SMILES string of the molecule is COc1ccc(N)c2nc(C)c(C)nc12. The molecule has 0 aliphatic rings. The zero-order valence-electron chi connectivity index (χ0n) is 9.03. The van der Waals surface area contributed by atoms with Crippen LogP contribution in [0.5, 0.6) is 5.75 Å². The Labute approximate surface area is 88.1 Å². The summed E-state index contributed by atoms with van der Waals surface area (Å²) in [6.45, 7) is 3.84. The van der Waals surface area contributed by atoms with Crippen molar-refractivity contribution in [2.75, 3.05) is 12.8 Å². The van der Waals surface area contributed by atoms with Crippen molar-refractivity contribution < 1.29 is 4.74 Å². The Kier molecular flexibility index (Phi) is 2.19. The van der Waals surface area contributed by atoms with Crippen LogP contribution >= 0.6 is 0 Å². The molecule has 1 aromatic heterocycles. The maximum absolute atomic E-state index is 5.84. The largest absolute Gasteiger partial charge is 0.494 e. The summed E-state index contributed by atoms with van der Waals surface area (Å²) in [7, 11) is 1.61. The van der Waals surface area contributed by atoms with E-state index in [2.05, 4.69) is 9.97 Å². The monoisotopic (exact) mass is 203 g/mol. The first-order valence-corrected chi connectivity index (χ1v) is 4.71. The molecule has 0 radical (unpaired) electrons. The van der Waals surface area contributed by atoms with E-state index in [1.54, 1.807) is 19.2 Å². The van der Waals surface area contributed by atoms with Crippen LogP contribution in [0.3, 0.4) is 0 Å². The highest BCUT2D eigenvalue weighted by Crippen LogP contribution is 2.27. The van der Waals surface area contributed by atoms with Crippen molar-refractivity contribution in [3.8, 4) is 5.75 Å². The van der Waals surface area contributed by atoms with Gasteiger partial charge in [-0.15, -0.1) is 0 Å². The molecule has 1 aromatic carbocycles. The number of hydrogen-bond donors (Lipinski definition) is 1. The summed E-state index contributed by atoms with van der Waals surface area (Å²) >= 11 is 0. The third-order valence-electron chi connectivity index (χ3n) is 2.45. The summed E-state index contributed by atoms with van der Waals surface area (Å²) in [6, 6.07) is 3.59. The Morgan fingerprint density at radius 2 is 1.67 bits per heavy atom. The number of ether oxygens (including phenoxy) is 1. The van der Waals surface area contributed by atoms with Gasteiger partial charge in [0, 0.05) is 0 Å². The Morgan fingerprint density at radius 1 is 1.07 bits per heavy atom. The molecule has 78 valence electrons. The van der Waals surface area contributed by atoms with Crippen LogP contribution in [0.1, 0.15) is 11.4 Å². The minimum Gasteiger partial charge on any atom is -0.494 e. The fourth-order valence-corrected chi connectivity index (χ4v) is 1.46. The van der Waals surface area contributed by atoms with Crippen LogP contribution < -0.4 is 10.5 Å². The zero-order chi connectivity index (χ0) is 11.0. The number of anilines is 1. The third-order valence-corrected chi connectivity index (χ3v) is 2.45. The molecule has 0 fully saturated rings. The van der Waals surface area contributed by atoms with Crippen molar-refractivity contribution in [3.63, 3.8) is 0 Å². The maximum Gasteiger partial charge on any atom is 0.146 e. The van der Waals surface area contributed by atoms with E-state index in [9.17, 15) is 0 Å². The van der Waals surface area contributed by atoms with Gasteiger partial charge in [-0.2, -0.15) is 0 Å². The van der Waals surface area contributed by atoms with Gasteiger partial charge in [0.2, 0.25) is 0 Å². The van der Waals surface area contributed by atoms with E-state index in [0.29, 0.717) is 17.0 Å². The van der Waals surface area contributed by atoms with E-state index in [1.807, 2.05) is 13.8 Å². The fourth-order valence-electron chi connectivity index (χ4n) is 1.46. The number of aryl methyl sites for hydroxylation is 2. The fraction of sp³-hybridized carbons (Fsp3) is 0.273. The average Bonchev–Trinajstić information content (AvgIpc) is 2.22. The third kappa shape index (κ3) is 1.48. The topological polar surface area (TPSA) is 61.0 Å². The second-order valence-electron chi connectivity index (χ2n) is 3.45. The molecule has 2 aromatic rings. The summed E-state index contributed by atoms with van der Waals surface area (Å²) in [5.41, 5.74) is 9.68. The van der Waals surface area contributed by atoms with Gasteiger partial charge in [-0.3, -0.25) is 0 Å². The molecule has 0 unspecified atom stereocenters. The lowest BCUT2D eigenvalue weighted by Crippen LogP contribution is -1.99. The minimum absolute atomic E-state index is 0.626.